The highest BCUT2D eigenvalue weighted by Crippen LogP contribution is 2.32. The smallest absolute Gasteiger partial charge is 0.203 e. The molecule has 1 aliphatic heterocycles. The summed E-state index contributed by atoms with van der Waals surface area (Å²) in [6, 6.07) is 4.87. The molecule has 0 N–H and O–H groups in total. The van der Waals surface area contributed by atoms with Gasteiger partial charge in [0.25, 0.3) is 0 Å². The molecule has 1 atom stereocenters. The zero-order valence-electron chi connectivity index (χ0n) is 8.44. The molecule has 0 aromatic heterocycles. The van der Waals surface area contributed by atoms with E-state index in [-0.39, 0.29) is 0 Å². The molecule has 1 aliphatic rings. The van der Waals surface area contributed by atoms with E-state index >= 15 is 0 Å². The third kappa shape index (κ3) is 2.31. The highest BCUT2D eigenvalue weighted by molar-refractivity contribution is 6.35. The molecule has 0 aliphatic carbocycles. The Morgan fingerprint density at radius 1 is 1.31 bits per heavy atom. The van der Waals surface area contributed by atoms with Gasteiger partial charge in [-0.25, -0.2) is 4.84 Å². The standard InChI is InChI=1S/C10H9Cl2NO3/c1-3-10(2)14-13(16-15-10)9-5-7(11)4-8(12)6-9/h3-6H,1H2,2H3. The molecule has 0 radical (unpaired) electrons. The molecule has 16 heavy (non-hydrogen) atoms. The minimum Gasteiger partial charge on any atom is -0.203 e. The molecule has 1 unspecified atom stereocenters. The lowest BCUT2D eigenvalue weighted by Gasteiger charge is -2.15. The summed E-state index contributed by atoms with van der Waals surface area (Å²) in [5.74, 6) is -1.02. The fourth-order valence-electron chi connectivity index (χ4n) is 1.11. The Hall–Kier alpha value is -0.780. The molecule has 1 aromatic carbocycles. The maximum Gasteiger partial charge on any atom is 0.247 e. The van der Waals surface area contributed by atoms with Crippen molar-refractivity contribution in [1.29, 1.82) is 0 Å². The van der Waals surface area contributed by atoms with Gasteiger partial charge in [-0.2, -0.15) is 4.89 Å². The highest BCUT2D eigenvalue weighted by Gasteiger charge is 2.37. The van der Waals surface area contributed by atoms with Gasteiger partial charge in [0.1, 0.15) is 5.69 Å². The Kier molecular flexibility index (Phi) is 3.10. The van der Waals surface area contributed by atoms with Crippen LogP contribution in [0.2, 0.25) is 10.0 Å². The van der Waals surface area contributed by atoms with Gasteiger partial charge in [0, 0.05) is 10.0 Å². The van der Waals surface area contributed by atoms with Gasteiger partial charge in [0.2, 0.25) is 5.79 Å². The van der Waals surface area contributed by atoms with Crippen LogP contribution in [0.25, 0.3) is 0 Å². The SMILES string of the molecule is C=CC1(C)OON(c2cc(Cl)cc(Cl)c2)O1. The Balaban J connectivity index is 2.23. The Labute approximate surface area is 103 Å². The molecule has 2 rings (SSSR count). The van der Waals surface area contributed by atoms with Crippen LogP contribution in [0.3, 0.4) is 0 Å². The molecular weight excluding hydrogens is 253 g/mol. The zero-order chi connectivity index (χ0) is 11.8. The fourth-order valence-corrected chi connectivity index (χ4v) is 1.63. The molecule has 0 bridgehead atoms. The number of benzene rings is 1. The monoisotopic (exact) mass is 261 g/mol. The quantitative estimate of drug-likeness (QED) is 0.602. The summed E-state index contributed by atoms with van der Waals surface area (Å²) in [7, 11) is 0. The zero-order valence-corrected chi connectivity index (χ0v) is 9.96. The van der Waals surface area contributed by atoms with E-state index in [1.165, 1.54) is 6.08 Å². The van der Waals surface area contributed by atoms with Crippen molar-refractivity contribution in [3.8, 4) is 0 Å². The third-order valence-electron chi connectivity index (χ3n) is 1.96. The summed E-state index contributed by atoms with van der Waals surface area (Å²) in [6.45, 7) is 5.23. The first kappa shape index (κ1) is 11.7. The average molecular weight is 262 g/mol. The van der Waals surface area contributed by atoms with Gasteiger partial charge in [-0.15, -0.1) is 0 Å². The van der Waals surface area contributed by atoms with Gasteiger partial charge in [-0.05, 0) is 31.2 Å². The van der Waals surface area contributed by atoms with Crippen molar-refractivity contribution < 1.29 is 14.7 Å². The summed E-state index contributed by atoms with van der Waals surface area (Å²) in [6.07, 6.45) is 1.47. The summed E-state index contributed by atoms with van der Waals surface area (Å²) >= 11 is 11.7. The predicted molar refractivity (Wildman–Crippen MR) is 60.8 cm³/mol. The van der Waals surface area contributed by atoms with E-state index in [2.05, 4.69) is 6.58 Å². The normalized spacial score (nSPS) is 24.8. The summed E-state index contributed by atoms with van der Waals surface area (Å²) in [4.78, 5) is 15.2. The number of halogens is 2. The van der Waals surface area contributed by atoms with E-state index < -0.39 is 5.79 Å². The van der Waals surface area contributed by atoms with Gasteiger partial charge < -0.3 is 0 Å². The van der Waals surface area contributed by atoms with Crippen LogP contribution >= 0.6 is 23.2 Å². The maximum atomic E-state index is 5.85. The molecule has 1 saturated heterocycles. The topological polar surface area (TPSA) is 30.9 Å². The van der Waals surface area contributed by atoms with Gasteiger partial charge >= 0.3 is 0 Å². The van der Waals surface area contributed by atoms with Crippen molar-refractivity contribution in [1.82, 2.24) is 0 Å². The van der Waals surface area contributed by atoms with Crippen molar-refractivity contribution in [3.63, 3.8) is 0 Å². The van der Waals surface area contributed by atoms with Crippen LogP contribution in [-0.2, 0) is 14.7 Å². The van der Waals surface area contributed by atoms with E-state index in [1.807, 2.05) is 0 Å². The number of rotatable bonds is 2. The van der Waals surface area contributed by atoms with Crippen LogP contribution < -0.4 is 5.23 Å². The molecule has 0 spiro atoms. The summed E-state index contributed by atoms with van der Waals surface area (Å²) in [5, 5.41) is 2.03. The van der Waals surface area contributed by atoms with E-state index in [9.17, 15) is 0 Å². The van der Waals surface area contributed by atoms with Crippen LogP contribution in [0.5, 0.6) is 0 Å². The Morgan fingerprint density at radius 3 is 2.44 bits per heavy atom. The Bertz CT molecular complexity index is 406. The lowest BCUT2D eigenvalue weighted by atomic mass is 10.3. The first-order valence-electron chi connectivity index (χ1n) is 4.47. The van der Waals surface area contributed by atoms with Gasteiger partial charge in [-0.3, -0.25) is 0 Å². The predicted octanol–water partition coefficient (Wildman–Crippen LogP) is 3.51. The molecule has 1 fully saturated rings. The van der Waals surface area contributed by atoms with Gasteiger partial charge in [0.05, 0.1) is 0 Å². The molecule has 86 valence electrons. The number of anilines is 1. The lowest BCUT2D eigenvalue weighted by molar-refractivity contribution is -0.303. The Morgan fingerprint density at radius 2 is 1.94 bits per heavy atom. The van der Waals surface area contributed by atoms with Crippen molar-refractivity contribution in [2.24, 2.45) is 0 Å². The van der Waals surface area contributed by atoms with Crippen molar-refractivity contribution in [3.05, 3.63) is 40.9 Å². The second-order valence-corrected chi connectivity index (χ2v) is 4.23. The average Bonchev–Trinajstić information content (AvgIpc) is 2.61. The maximum absolute atomic E-state index is 5.85. The van der Waals surface area contributed by atoms with Crippen LogP contribution in [0.4, 0.5) is 5.69 Å². The first-order valence-corrected chi connectivity index (χ1v) is 5.23. The number of hydrogen-bond donors (Lipinski definition) is 0. The van der Waals surface area contributed by atoms with E-state index in [4.69, 9.17) is 37.9 Å². The van der Waals surface area contributed by atoms with Crippen LogP contribution in [0, 0.1) is 0 Å². The molecule has 4 nitrogen and oxygen atoms in total. The van der Waals surface area contributed by atoms with E-state index in [0.29, 0.717) is 15.7 Å². The molecule has 6 heteroatoms. The highest BCUT2D eigenvalue weighted by atomic mass is 35.5. The largest absolute Gasteiger partial charge is 0.247 e. The second kappa shape index (κ2) is 4.24. The van der Waals surface area contributed by atoms with Crippen molar-refractivity contribution in [2.45, 2.75) is 12.7 Å². The molecule has 0 saturated carbocycles. The third-order valence-corrected chi connectivity index (χ3v) is 2.40. The van der Waals surface area contributed by atoms with E-state index in [0.717, 1.165) is 5.23 Å². The van der Waals surface area contributed by atoms with Gasteiger partial charge in [-0.1, -0.05) is 40.0 Å². The van der Waals surface area contributed by atoms with Crippen molar-refractivity contribution >= 4 is 28.9 Å². The first-order chi connectivity index (χ1) is 7.52. The summed E-state index contributed by atoms with van der Waals surface area (Å²) in [5.41, 5.74) is 0.531. The minimum atomic E-state index is -1.02. The molecular formula is C10H9Cl2NO3. The molecule has 1 aromatic rings. The number of hydrogen-bond acceptors (Lipinski definition) is 4. The fraction of sp³-hybridized carbons (Fsp3) is 0.200. The van der Waals surface area contributed by atoms with Crippen molar-refractivity contribution in [2.75, 3.05) is 5.23 Å². The molecule has 0 amide bonds. The minimum absolute atomic E-state index is 0.474. The van der Waals surface area contributed by atoms with E-state index in [1.54, 1.807) is 25.1 Å². The lowest BCUT2D eigenvalue weighted by Crippen LogP contribution is -2.25. The van der Waals surface area contributed by atoms with Crippen LogP contribution in [-0.4, -0.2) is 5.79 Å². The van der Waals surface area contributed by atoms with Crippen LogP contribution in [0.15, 0.2) is 30.9 Å². The summed E-state index contributed by atoms with van der Waals surface area (Å²) < 4.78 is 0. The van der Waals surface area contributed by atoms with Gasteiger partial charge in [0.15, 0.2) is 0 Å². The second-order valence-electron chi connectivity index (χ2n) is 3.35. The number of nitrogens with zero attached hydrogens (tertiary/aromatic N) is 1. The van der Waals surface area contributed by atoms with Crippen LogP contribution in [0.1, 0.15) is 6.92 Å². The molecule has 1 heterocycles.